The van der Waals surface area contributed by atoms with Crippen molar-refractivity contribution in [2.75, 3.05) is 12.0 Å². The van der Waals surface area contributed by atoms with Crippen molar-refractivity contribution in [2.24, 2.45) is 0 Å². The SMILES string of the molecule is COC(=O)c1ccc([C@@H]2C(=C(O)c3ccc(Cl)cc3)C(=O)C(=O)N2c2nc3ccc(F)cc3s2)cc1. The molecule has 1 atom stereocenters. The first kappa shape index (κ1) is 23.7. The van der Waals surface area contributed by atoms with Gasteiger partial charge in [-0.1, -0.05) is 35.1 Å². The molecule has 0 saturated carbocycles. The van der Waals surface area contributed by atoms with Crippen molar-refractivity contribution < 1.29 is 28.6 Å². The van der Waals surface area contributed by atoms with Gasteiger partial charge in [0.05, 0.1) is 34.5 Å². The first-order chi connectivity index (χ1) is 17.3. The van der Waals surface area contributed by atoms with Crippen LogP contribution in [-0.4, -0.2) is 34.9 Å². The monoisotopic (exact) mass is 522 g/mol. The van der Waals surface area contributed by atoms with E-state index >= 15 is 0 Å². The average Bonchev–Trinajstić information content (AvgIpc) is 3.41. The standard InChI is InChI=1S/C26H16ClFN2O5S/c1-35-25(34)15-4-2-13(3-5-15)21-20(22(31)14-6-8-16(27)9-7-14)23(32)24(33)30(21)26-29-18-11-10-17(28)12-19(18)36-26/h2-12,21,31H,1H3/t21-/m1/s1. The number of methoxy groups -OCH3 is 1. The summed E-state index contributed by atoms with van der Waals surface area (Å²) in [7, 11) is 1.26. The number of rotatable bonds is 4. The second-order valence-corrected chi connectivity index (χ2v) is 9.34. The Morgan fingerprint density at radius 1 is 1.06 bits per heavy atom. The number of hydrogen-bond donors (Lipinski definition) is 1. The lowest BCUT2D eigenvalue weighted by Gasteiger charge is -2.23. The van der Waals surface area contributed by atoms with Gasteiger partial charge in [-0.2, -0.15) is 0 Å². The minimum atomic E-state index is -1.06. The van der Waals surface area contributed by atoms with Gasteiger partial charge in [0.1, 0.15) is 11.6 Å². The Morgan fingerprint density at radius 2 is 1.72 bits per heavy atom. The number of halogens is 2. The molecule has 0 radical (unpaired) electrons. The molecule has 36 heavy (non-hydrogen) atoms. The molecule has 1 aromatic heterocycles. The largest absolute Gasteiger partial charge is 0.507 e. The predicted molar refractivity (Wildman–Crippen MR) is 134 cm³/mol. The van der Waals surface area contributed by atoms with E-state index in [2.05, 4.69) is 4.98 Å². The molecule has 2 heterocycles. The summed E-state index contributed by atoms with van der Waals surface area (Å²) in [5.74, 6) is -3.20. The number of thiazole rings is 1. The molecule has 1 N–H and O–H groups in total. The number of aromatic nitrogens is 1. The Balaban J connectivity index is 1.70. The summed E-state index contributed by atoms with van der Waals surface area (Å²) in [6, 6.07) is 15.3. The Kier molecular flexibility index (Phi) is 6.03. The van der Waals surface area contributed by atoms with Gasteiger partial charge in [0.25, 0.3) is 5.78 Å². The molecule has 1 amide bonds. The third-order valence-electron chi connectivity index (χ3n) is 5.75. The number of aliphatic hydroxyl groups is 1. The number of ether oxygens (including phenoxy) is 1. The molecule has 1 aliphatic heterocycles. The normalized spacial score (nSPS) is 17.1. The third kappa shape index (κ3) is 4.02. The third-order valence-corrected chi connectivity index (χ3v) is 7.02. The molecule has 7 nitrogen and oxygen atoms in total. The van der Waals surface area contributed by atoms with Gasteiger partial charge < -0.3 is 9.84 Å². The highest BCUT2D eigenvalue weighted by Gasteiger charge is 2.48. The van der Waals surface area contributed by atoms with E-state index in [1.165, 1.54) is 54.5 Å². The molecule has 3 aromatic carbocycles. The Labute approximate surface area is 213 Å². The van der Waals surface area contributed by atoms with Gasteiger partial charge in [0.2, 0.25) is 0 Å². The number of amides is 1. The number of carbonyl (C=O) groups is 3. The maximum absolute atomic E-state index is 13.8. The van der Waals surface area contributed by atoms with Gasteiger partial charge in [-0.05, 0) is 60.2 Å². The fraction of sp³-hybridized carbons (Fsp3) is 0.0769. The molecule has 10 heteroatoms. The summed E-state index contributed by atoms with van der Waals surface area (Å²) in [4.78, 5) is 44.1. The van der Waals surface area contributed by atoms with Crippen molar-refractivity contribution in [3.05, 3.63) is 99.8 Å². The number of ketones is 1. The van der Waals surface area contributed by atoms with Crippen LogP contribution in [0.15, 0.2) is 72.3 Å². The second kappa shape index (κ2) is 9.18. The van der Waals surface area contributed by atoms with Crippen LogP contribution in [0.5, 0.6) is 0 Å². The van der Waals surface area contributed by atoms with Crippen LogP contribution in [0.1, 0.15) is 27.5 Å². The van der Waals surface area contributed by atoms with E-state index in [-0.39, 0.29) is 22.0 Å². The van der Waals surface area contributed by atoms with Crippen LogP contribution in [0, 0.1) is 5.82 Å². The van der Waals surface area contributed by atoms with Gasteiger partial charge in [-0.25, -0.2) is 14.2 Å². The van der Waals surface area contributed by atoms with Crippen LogP contribution in [0.25, 0.3) is 16.0 Å². The zero-order valence-corrected chi connectivity index (χ0v) is 20.1. The number of fused-ring (bicyclic) bond motifs is 1. The van der Waals surface area contributed by atoms with Gasteiger partial charge in [0.15, 0.2) is 5.13 Å². The van der Waals surface area contributed by atoms with E-state index in [4.69, 9.17) is 16.3 Å². The fourth-order valence-corrected chi connectivity index (χ4v) is 5.16. The van der Waals surface area contributed by atoms with Crippen LogP contribution in [0.2, 0.25) is 5.02 Å². The number of hydrogen-bond acceptors (Lipinski definition) is 7. The summed E-state index contributed by atoms with van der Waals surface area (Å²) in [6.07, 6.45) is 0. The lowest BCUT2D eigenvalue weighted by Crippen LogP contribution is -2.29. The van der Waals surface area contributed by atoms with E-state index in [0.717, 1.165) is 11.3 Å². The number of nitrogens with zero attached hydrogens (tertiary/aromatic N) is 2. The zero-order valence-electron chi connectivity index (χ0n) is 18.6. The van der Waals surface area contributed by atoms with Gasteiger partial charge in [0, 0.05) is 10.6 Å². The number of esters is 1. The number of carbonyl (C=O) groups excluding carboxylic acids is 3. The Morgan fingerprint density at radius 3 is 2.39 bits per heavy atom. The molecular weight excluding hydrogens is 507 g/mol. The molecule has 0 bridgehead atoms. The fourth-order valence-electron chi connectivity index (χ4n) is 4.02. The molecule has 0 unspecified atom stereocenters. The van der Waals surface area contributed by atoms with Crippen molar-refractivity contribution in [1.29, 1.82) is 0 Å². The topological polar surface area (TPSA) is 96.8 Å². The molecule has 0 aliphatic carbocycles. The van der Waals surface area contributed by atoms with E-state index in [0.29, 0.717) is 26.4 Å². The minimum Gasteiger partial charge on any atom is -0.507 e. The number of aliphatic hydroxyl groups excluding tert-OH is 1. The highest BCUT2D eigenvalue weighted by Crippen LogP contribution is 2.44. The first-order valence-electron chi connectivity index (χ1n) is 10.6. The van der Waals surface area contributed by atoms with Gasteiger partial charge >= 0.3 is 11.9 Å². The summed E-state index contributed by atoms with van der Waals surface area (Å²) >= 11 is 7.00. The van der Waals surface area contributed by atoms with Crippen LogP contribution in [0.3, 0.4) is 0 Å². The van der Waals surface area contributed by atoms with Gasteiger partial charge in [-0.15, -0.1) is 0 Å². The van der Waals surface area contributed by atoms with Gasteiger partial charge in [-0.3, -0.25) is 14.5 Å². The van der Waals surface area contributed by atoms with Crippen molar-refractivity contribution >= 4 is 61.7 Å². The molecule has 1 fully saturated rings. The smallest absolute Gasteiger partial charge is 0.337 e. The zero-order chi connectivity index (χ0) is 25.6. The quantitative estimate of drug-likeness (QED) is 0.164. The van der Waals surface area contributed by atoms with Crippen molar-refractivity contribution in [1.82, 2.24) is 4.98 Å². The van der Waals surface area contributed by atoms with E-state index in [9.17, 15) is 23.9 Å². The van der Waals surface area contributed by atoms with Crippen molar-refractivity contribution in [3.8, 4) is 0 Å². The highest BCUT2D eigenvalue weighted by molar-refractivity contribution is 7.22. The van der Waals surface area contributed by atoms with Crippen LogP contribution < -0.4 is 4.90 Å². The summed E-state index contributed by atoms with van der Waals surface area (Å²) in [5.41, 5.74) is 1.31. The van der Waals surface area contributed by atoms with Crippen LogP contribution in [-0.2, 0) is 14.3 Å². The van der Waals surface area contributed by atoms with Crippen molar-refractivity contribution in [2.45, 2.75) is 6.04 Å². The van der Waals surface area contributed by atoms with E-state index in [1.54, 1.807) is 24.3 Å². The van der Waals surface area contributed by atoms with Crippen LogP contribution in [0.4, 0.5) is 9.52 Å². The number of benzene rings is 3. The molecular formula is C26H16ClFN2O5S. The second-order valence-electron chi connectivity index (χ2n) is 7.90. The van der Waals surface area contributed by atoms with Crippen LogP contribution >= 0.6 is 22.9 Å². The summed E-state index contributed by atoms with van der Waals surface area (Å²) in [5, 5.41) is 11.7. The lowest BCUT2D eigenvalue weighted by atomic mass is 9.95. The maximum Gasteiger partial charge on any atom is 0.337 e. The Bertz CT molecular complexity index is 1560. The van der Waals surface area contributed by atoms with E-state index < -0.39 is 29.5 Å². The minimum absolute atomic E-state index is 0.154. The molecule has 4 aromatic rings. The summed E-state index contributed by atoms with van der Waals surface area (Å²) in [6.45, 7) is 0. The predicted octanol–water partition coefficient (Wildman–Crippen LogP) is 5.50. The Hall–Kier alpha value is -4.08. The average molecular weight is 523 g/mol. The highest BCUT2D eigenvalue weighted by atomic mass is 35.5. The van der Waals surface area contributed by atoms with E-state index in [1.807, 2.05) is 0 Å². The molecule has 1 saturated heterocycles. The molecule has 5 rings (SSSR count). The summed E-state index contributed by atoms with van der Waals surface area (Å²) < 4.78 is 19.0. The number of Topliss-reactive ketones (excluding diaryl/α,β-unsaturated/α-hetero) is 1. The lowest BCUT2D eigenvalue weighted by molar-refractivity contribution is -0.132. The van der Waals surface area contributed by atoms with Crippen molar-refractivity contribution in [3.63, 3.8) is 0 Å². The maximum atomic E-state index is 13.8. The first-order valence-corrected chi connectivity index (χ1v) is 11.8. The number of anilines is 1. The molecule has 0 spiro atoms. The molecule has 180 valence electrons. The molecule has 1 aliphatic rings.